The maximum atomic E-state index is 12.8. The van der Waals surface area contributed by atoms with Gasteiger partial charge in [-0.15, -0.1) is 12.6 Å². The highest BCUT2D eigenvalue weighted by molar-refractivity contribution is 7.80. The lowest BCUT2D eigenvalue weighted by molar-refractivity contribution is -0.127. The molecule has 6 nitrogen and oxygen atoms in total. The summed E-state index contributed by atoms with van der Waals surface area (Å²) in [7, 11) is 0. The number of nitrogens with one attached hydrogen (secondary N) is 1. The number of carbonyl (C=O) groups is 3. The maximum Gasteiger partial charge on any atom is 0.295 e. The summed E-state index contributed by atoms with van der Waals surface area (Å²) >= 11 is 10.5. The number of amides is 2. The smallest absolute Gasteiger partial charge is 0.295 e. The standard InChI is InChI=1S/C21H18ClN3O3S/c22-16-5-2-6-17-18(16)15(12-23-17)19(26)21(28)25-9-7-24(8-10-25)20(27)13-3-1-4-14(29)11-13/h1-6,11-12,23,29H,7-10H2. The number of aromatic amines is 1. The van der Waals surface area contributed by atoms with Crippen molar-refractivity contribution in [2.45, 2.75) is 4.90 Å². The first-order valence-corrected chi connectivity index (χ1v) is 9.95. The van der Waals surface area contributed by atoms with Crippen LogP contribution in [0.3, 0.4) is 0 Å². The van der Waals surface area contributed by atoms with E-state index in [4.69, 9.17) is 11.6 Å². The zero-order chi connectivity index (χ0) is 20.5. The second-order valence-corrected chi connectivity index (χ2v) is 7.75. The number of halogens is 1. The third-order valence-corrected chi connectivity index (χ3v) is 5.63. The fourth-order valence-corrected chi connectivity index (χ4v) is 4.01. The molecule has 1 aromatic heterocycles. The van der Waals surface area contributed by atoms with Crippen LogP contribution in [-0.4, -0.2) is 58.6 Å². The Morgan fingerprint density at radius 3 is 2.38 bits per heavy atom. The van der Waals surface area contributed by atoms with Crippen molar-refractivity contribution in [1.82, 2.24) is 14.8 Å². The van der Waals surface area contributed by atoms with Crippen molar-refractivity contribution < 1.29 is 14.4 Å². The van der Waals surface area contributed by atoms with E-state index in [1.54, 1.807) is 47.4 Å². The number of rotatable bonds is 3. The first-order valence-electron chi connectivity index (χ1n) is 9.13. The summed E-state index contributed by atoms with van der Waals surface area (Å²) in [5.41, 5.74) is 1.52. The van der Waals surface area contributed by atoms with E-state index in [0.717, 1.165) is 0 Å². The predicted octanol–water partition coefficient (Wildman–Crippen LogP) is 3.28. The van der Waals surface area contributed by atoms with E-state index < -0.39 is 11.7 Å². The molecule has 8 heteroatoms. The molecular formula is C21H18ClN3O3S. The minimum absolute atomic E-state index is 0.109. The van der Waals surface area contributed by atoms with Gasteiger partial charge in [0.2, 0.25) is 0 Å². The largest absolute Gasteiger partial charge is 0.360 e. The molecule has 2 amide bonds. The van der Waals surface area contributed by atoms with Crippen LogP contribution in [0.2, 0.25) is 5.02 Å². The van der Waals surface area contributed by atoms with E-state index in [-0.39, 0.29) is 11.5 Å². The molecule has 0 atom stereocenters. The van der Waals surface area contributed by atoms with E-state index in [1.165, 1.54) is 11.1 Å². The number of thiol groups is 1. The number of benzene rings is 2. The average molecular weight is 428 g/mol. The number of carbonyl (C=O) groups excluding carboxylic acids is 3. The molecule has 1 saturated heterocycles. The number of nitrogens with zero attached hydrogens (tertiary/aromatic N) is 2. The zero-order valence-corrected chi connectivity index (χ0v) is 17.0. The van der Waals surface area contributed by atoms with E-state index >= 15 is 0 Å². The van der Waals surface area contributed by atoms with Crippen molar-refractivity contribution in [2.75, 3.05) is 26.2 Å². The lowest BCUT2D eigenvalue weighted by Crippen LogP contribution is -2.52. The third-order valence-electron chi connectivity index (χ3n) is 5.04. The lowest BCUT2D eigenvalue weighted by Gasteiger charge is -2.34. The highest BCUT2D eigenvalue weighted by atomic mass is 35.5. The van der Waals surface area contributed by atoms with Crippen LogP contribution in [0.1, 0.15) is 20.7 Å². The molecule has 0 spiro atoms. The van der Waals surface area contributed by atoms with Crippen molar-refractivity contribution >= 4 is 52.7 Å². The lowest BCUT2D eigenvalue weighted by atomic mass is 10.1. The molecule has 1 aliphatic heterocycles. The summed E-state index contributed by atoms with van der Waals surface area (Å²) in [5, 5.41) is 0.967. The van der Waals surface area contributed by atoms with E-state index in [9.17, 15) is 14.4 Å². The van der Waals surface area contributed by atoms with E-state index in [0.29, 0.717) is 52.6 Å². The van der Waals surface area contributed by atoms with Gasteiger partial charge in [-0.1, -0.05) is 23.7 Å². The van der Waals surface area contributed by atoms with Crippen LogP contribution in [-0.2, 0) is 4.79 Å². The van der Waals surface area contributed by atoms with Crippen LogP contribution >= 0.6 is 24.2 Å². The third kappa shape index (κ3) is 3.75. The fourth-order valence-electron chi connectivity index (χ4n) is 3.51. The molecule has 0 radical (unpaired) electrons. The molecule has 2 heterocycles. The van der Waals surface area contributed by atoms with Crippen molar-refractivity contribution in [3.63, 3.8) is 0 Å². The molecule has 0 aliphatic carbocycles. The van der Waals surface area contributed by atoms with Crippen LogP contribution in [0, 0.1) is 0 Å². The number of hydrogen-bond acceptors (Lipinski definition) is 4. The Morgan fingerprint density at radius 2 is 1.66 bits per heavy atom. The Balaban J connectivity index is 1.45. The van der Waals surface area contributed by atoms with E-state index in [1.807, 2.05) is 0 Å². The molecule has 148 valence electrons. The number of H-pyrrole nitrogens is 1. The first-order chi connectivity index (χ1) is 14.0. The Morgan fingerprint density at radius 1 is 0.966 bits per heavy atom. The summed E-state index contributed by atoms with van der Waals surface area (Å²) in [4.78, 5) is 45.0. The normalized spacial score (nSPS) is 14.3. The van der Waals surface area contributed by atoms with E-state index in [2.05, 4.69) is 17.6 Å². The average Bonchev–Trinajstić information content (AvgIpc) is 3.18. The van der Waals surface area contributed by atoms with Gasteiger partial charge in [0.15, 0.2) is 0 Å². The minimum atomic E-state index is -0.605. The Bertz CT molecular complexity index is 1120. The summed E-state index contributed by atoms with van der Waals surface area (Å²) in [5.74, 6) is -1.30. The van der Waals surface area contributed by atoms with Crippen LogP contribution < -0.4 is 0 Å². The molecule has 0 unspecified atom stereocenters. The molecule has 4 rings (SSSR count). The number of aromatic nitrogens is 1. The molecule has 29 heavy (non-hydrogen) atoms. The van der Waals surface area contributed by atoms with Gasteiger partial charge in [0.05, 0.1) is 10.6 Å². The number of Topliss-reactive ketones (excluding diaryl/α,β-unsaturated/α-hetero) is 1. The molecule has 1 N–H and O–H groups in total. The van der Waals surface area contributed by atoms with Gasteiger partial charge in [-0.3, -0.25) is 14.4 Å². The van der Waals surface area contributed by atoms with Gasteiger partial charge >= 0.3 is 0 Å². The van der Waals surface area contributed by atoms with Gasteiger partial charge < -0.3 is 14.8 Å². The van der Waals surface area contributed by atoms with Crippen LogP contribution in [0.4, 0.5) is 0 Å². The SMILES string of the molecule is O=C(C(=O)N1CCN(C(=O)c2cccc(S)c2)CC1)c1c[nH]c2cccc(Cl)c12. The van der Waals surface area contributed by atoms with Crippen LogP contribution in [0.25, 0.3) is 10.9 Å². The van der Waals surface area contributed by atoms with Crippen LogP contribution in [0.15, 0.2) is 53.6 Å². The van der Waals surface area contributed by atoms with Crippen molar-refractivity contribution in [3.05, 3.63) is 64.8 Å². The Hall–Kier alpha value is -2.77. The number of hydrogen-bond donors (Lipinski definition) is 2. The maximum absolute atomic E-state index is 12.8. The summed E-state index contributed by atoms with van der Waals surface area (Å²) in [6, 6.07) is 12.3. The van der Waals surface area contributed by atoms with Crippen molar-refractivity contribution in [3.8, 4) is 0 Å². The quantitative estimate of drug-likeness (QED) is 0.383. The minimum Gasteiger partial charge on any atom is -0.360 e. The summed E-state index contributed by atoms with van der Waals surface area (Å²) in [6.07, 6.45) is 1.51. The van der Waals surface area contributed by atoms with Gasteiger partial charge in [-0.2, -0.15) is 0 Å². The van der Waals surface area contributed by atoms with Gasteiger partial charge in [0.1, 0.15) is 0 Å². The highest BCUT2D eigenvalue weighted by Gasteiger charge is 2.30. The van der Waals surface area contributed by atoms with Crippen molar-refractivity contribution in [1.29, 1.82) is 0 Å². The van der Waals surface area contributed by atoms with Crippen LogP contribution in [0.5, 0.6) is 0 Å². The monoisotopic (exact) mass is 427 g/mol. The highest BCUT2D eigenvalue weighted by Crippen LogP contribution is 2.27. The second kappa shape index (κ2) is 7.93. The predicted molar refractivity (Wildman–Crippen MR) is 114 cm³/mol. The topological polar surface area (TPSA) is 73.5 Å². The second-order valence-electron chi connectivity index (χ2n) is 6.83. The Labute approximate surface area is 177 Å². The molecule has 1 fully saturated rings. The number of fused-ring (bicyclic) bond motifs is 1. The van der Waals surface area contributed by atoms with Gasteiger partial charge in [-0.05, 0) is 30.3 Å². The van der Waals surface area contributed by atoms with Crippen molar-refractivity contribution in [2.24, 2.45) is 0 Å². The molecular weight excluding hydrogens is 410 g/mol. The summed E-state index contributed by atoms with van der Waals surface area (Å²) < 4.78 is 0. The molecule has 2 aromatic carbocycles. The van der Waals surface area contributed by atoms with Gasteiger partial charge in [0, 0.05) is 53.7 Å². The number of piperazine rings is 1. The summed E-state index contributed by atoms with van der Waals surface area (Å²) in [6.45, 7) is 1.33. The molecule has 1 aliphatic rings. The molecule has 0 saturated carbocycles. The van der Waals surface area contributed by atoms with Gasteiger partial charge in [-0.25, -0.2) is 0 Å². The molecule has 0 bridgehead atoms. The zero-order valence-electron chi connectivity index (χ0n) is 15.4. The van der Waals surface area contributed by atoms with Gasteiger partial charge in [0.25, 0.3) is 17.6 Å². The number of ketones is 1. The fraction of sp³-hybridized carbons (Fsp3) is 0.190. The first kappa shape index (κ1) is 19.5. The molecule has 3 aromatic rings. The Kier molecular flexibility index (Phi) is 5.34.